The van der Waals surface area contributed by atoms with Gasteiger partial charge in [-0.05, 0) is 36.8 Å². The lowest BCUT2D eigenvalue weighted by Crippen LogP contribution is -2.03. The number of nitrogens with zero attached hydrogens (tertiary/aromatic N) is 1. The average molecular weight is 251 g/mol. The zero-order valence-corrected chi connectivity index (χ0v) is 10.6. The molecule has 0 fully saturated rings. The third-order valence-electron chi connectivity index (χ3n) is 3.11. The Morgan fingerprint density at radius 3 is 2.79 bits per heavy atom. The summed E-state index contributed by atoms with van der Waals surface area (Å²) in [5.74, 6) is 1.16. The molecule has 94 valence electrons. The third-order valence-corrected chi connectivity index (χ3v) is 3.11. The molecule has 0 aliphatic rings. The number of rotatable bonds is 3. The maximum atomic E-state index is 12.2. The Hall–Kier alpha value is -2.42. The zero-order chi connectivity index (χ0) is 13.2. The molecule has 0 radical (unpaired) electrons. The number of fused-ring (bicyclic) bond motifs is 1. The van der Waals surface area contributed by atoms with Gasteiger partial charge in [-0.25, -0.2) is 0 Å². The van der Waals surface area contributed by atoms with Gasteiger partial charge in [0.15, 0.2) is 5.76 Å². The molecule has 0 atom stereocenters. The largest absolute Gasteiger partial charge is 0.458 e. The highest BCUT2D eigenvalue weighted by atomic mass is 16.3. The Labute approximate surface area is 110 Å². The Bertz CT molecular complexity index is 738. The van der Waals surface area contributed by atoms with Crippen LogP contribution in [0.2, 0.25) is 0 Å². The summed E-state index contributed by atoms with van der Waals surface area (Å²) < 4.78 is 5.36. The van der Waals surface area contributed by atoms with E-state index in [9.17, 15) is 4.79 Å². The van der Waals surface area contributed by atoms with Crippen LogP contribution >= 0.6 is 0 Å². The van der Waals surface area contributed by atoms with Crippen LogP contribution in [-0.2, 0) is 6.42 Å². The first-order chi connectivity index (χ1) is 9.24. The van der Waals surface area contributed by atoms with Crippen LogP contribution in [0.15, 0.2) is 53.1 Å². The highest BCUT2D eigenvalue weighted by molar-refractivity contribution is 5.97. The predicted molar refractivity (Wildman–Crippen MR) is 73.2 cm³/mol. The Morgan fingerprint density at radius 1 is 1.16 bits per heavy atom. The first kappa shape index (κ1) is 11.7. The number of ketones is 1. The van der Waals surface area contributed by atoms with Crippen molar-refractivity contribution in [3.05, 3.63) is 65.7 Å². The second-order valence-corrected chi connectivity index (χ2v) is 4.50. The molecule has 0 saturated heterocycles. The molecule has 0 bridgehead atoms. The van der Waals surface area contributed by atoms with Crippen LogP contribution in [0.25, 0.3) is 10.9 Å². The van der Waals surface area contributed by atoms with Gasteiger partial charge in [-0.1, -0.05) is 18.2 Å². The van der Waals surface area contributed by atoms with E-state index >= 15 is 0 Å². The van der Waals surface area contributed by atoms with Crippen LogP contribution in [0.4, 0.5) is 0 Å². The maximum absolute atomic E-state index is 12.2. The normalized spacial score (nSPS) is 10.8. The molecule has 2 aromatic heterocycles. The van der Waals surface area contributed by atoms with Gasteiger partial charge in [0.25, 0.3) is 0 Å². The maximum Gasteiger partial charge on any atom is 0.202 e. The molecule has 2 heterocycles. The fourth-order valence-electron chi connectivity index (χ4n) is 2.15. The molecule has 19 heavy (non-hydrogen) atoms. The number of para-hydroxylation sites is 1. The number of aromatic nitrogens is 1. The topological polar surface area (TPSA) is 43.1 Å². The molecule has 3 heteroatoms. The number of benzene rings is 1. The molecule has 0 N–H and O–H groups in total. The summed E-state index contributed by atoms with van der Waals surface area (Å²) in [6, 6.07) is 13.2. The molecule has 3 aromatic rings. The summed E-state index contributed by atoms with van der Waals surface area (Å²) in [6.45, 7) is 1.83. The minimum Gasteiger partial charge on any atom is -0.458 e. The van der Waals surface area contributed by atoms with Gasteiger partial charge >= 0.3 is 0 Å². The van der Waals surface area contributed by atoms with Crippen LogP contribution in [0.5, 0.6) is 0 Å². The fourth-order valence-corrected chi connectivity index (χ4v) is 2.15. The number of carbonyl (C=O) groups excluding carboxylic acids is 1. The number of Topliss-reactive ketones (excluding diaryl/α,β-unsaturated/α-hetero) is 1. The predicted octanol–water partition coefficient (Wildman–Crippen LogP) is 3.56. The second-order valence-electron chi connectivity index (χ2n) is 4.50. The Kier molecular flexibility index (Phi) is 2.88. The molecule has 1 aromatic carbocycles. The van der Waals surface area contributed by atoms with Crippen LogP contribution < -0.4 is 0 Å². The molecule has 0 amide bonds. The number of pyridine rings is 1. The van der Waals surface area contributed by atoms with E-state index in [0.29, 0.717) is 12.2 Å². The number of furan rings is 1. The van der Waals surface area contributed by atoms with Crippen LogP contribution in [-0.4, -0.2) is 10.8 Å². The van der Waals surface area contributed by atoms with Crippen molar-refractivity contribution in [3.8, 4) is 0 Å². The average Bonchev–Trinajstić information content (AvgIpc) is 2.86. The molecule has 0 unspecified atom stereocenters. The van der Waals surface area contributed by atoms with E-state index in [0.717, 1.165) is 22.2 Å². The molecule has 0 saturated carbocycles. The molecular weight excluding hydrogens is 238 g/mol. The smallest absolute Gasteiger partial charge is 0.202 e. The SMILES string of the molecule is Cc1ccc(C(=O)Cc2ccnc3ccccc23)o1. The summed E-state index contributed by atoms with van der Waals surface area (Å²) in [5.41, 5.74) is 1.88. The van der Waals surface area contributed by atoms with Crippen molar-refractivity contribution in [2.24, 2.45) is 0 Å². The standard InChI is InChI=1S/C16H13NO2/c1-11-6-7-16(19-11)15(18)10-12-8-9-17-14-5-3-2-4-13(12)14/h2-9H,10H2,1H3. The summed E-state index contributed by atoms with van der Waals surface area (Å²) in [5, 5.41) is 1.02. The van der Waals surface area contributed by atoms with Gasteiger partial charge in [-0.15, -0.1) is 0 Å². The highest BCUT2D eigenvalue weighted by Gasteiger charge is 2.12. The van der Waals surface area contributed by atoms with Gasteiger partial charge in [-0.3, -0.25) is 9.78 Å². The fraction of sp³-hybridized carbons (Fsp3) is 0.125. The van der Waals surface area contributed by atoms with E-state index in [4.69, 9.17) is 4.42 Å². The van der Waals surface area contributed by atoms with E-state index in [1.807, 2.05) is 37.3 Å². The van der Waals surface area contributed by atoms with Crippen molar-refractivity contribution in [1.82, 2.24) is 4.98 Å². The highest BCUT2D eigenvalue weighted by Crippen LogP contribution is 2.18. The number of hydrogen-bond acceptors (Lipinski definition) is 3. The number of hydrogen-bond donors (Lipinski definition) is 0. The quantitative estimate of drug-likeness (QED) is 0.668. The van der Waals surface area contributed by atoms with Gasteiger partial charge in [0, 0.05) is 18.0 Å². The van der Waals surface area contributed by atoms with Crippen molar-refractivity contribution in [1.29, 1.82) is 0 Å². The van der Waals surface area contributed by atoms with Gasteiger partial charge in [0.2, 0.25) is 5.78 Å². The summed E-state index contributed by atoms with van der Waals surface area (Å²) in [6.07, 6.45) is 2.06. The van der Waals surface area contributed by atoms with Crippen molar-refractivity contribution in [2.45, 2.75) is 13.3 Å². The number of carbonyl (C=O) groups is 1. The lowest BCUT2D eigenvalue weighted by atomic mass is 10.0. The van der Waals surface area contributed by atoms with Crippen LogP contribution in [0.1, 0.15) is 21.9 Å². The second kappa shape index (κ2) is 4.69. The van der Waals surface area contributed by atoms with Crippen molar-refractivity contribution < 1.29 is 9.21 Å². The summed E-state index contributed by atoms with van der Waals surface area (Å²) in [4.78, 5) is 16.4. The van der Waals surface area contributed by atoms with Crippen molar-refractivity contribution in [2.75, 3.05) is 0 Å². The van der Waals surface area contributed by atoms with E-state index in [1.165, 1.54) is 0 Å². The van der Waals surface area contributed by atoms with Gasteiger partial charge < -0.3 is 4.42 Å². The molecule has 3 rings (SSSR count). The van der Waals surface area contributed by atoms with Crippen molar-refractivity contribution >= 4 is 16.7 Å². The van der Waals surface area contributed by atoms with E-state index in [2.05, 4.69) is 4.98 Å². The zero-order valence-electron chi connectivity index (χ0n) is 10.6. The molecule has 0 spiro atoms. The minimum atomic E-state index is -0.00977. The molecule has 0 aliphatic heterocycles. The van der Waals surface area contributed by atoms with Gasteiger partial charge in [0.1, 0.15) is 5.76 Å². The number of aryl methyl sites for hydroxylation is 1. The Morgan fingerprint density at radius 2 is 2.00 bits per heavy atom. The first-order valence-electron chi connectivity index (χ1n) is 6.16. The van der Waals surface area contributed by atoms with Gasteiger partial charge in [-0.2, -0.15) is 0 Å². The minimum absolute atomic E-state index is 0.00977. The van der Waals surface area contributed by atoms with E-state index in [-0.39, 0.29) is 5.78 Å². The molecule has 0 aliphatic carbocycles. The van der Waals surface area contributed by atoms with Crippen molar-refractivity contribution in [3.63, 3.8) is 0 Å². The Balaban J connectivity index is 1.95. The lowest BCUT2D eigenvalue weighted by molar-refractivity contribution is 0.0965. The lowest BCUT2D eigenvalue weighted by Gasteiger charge is -2.04. The molecule has 3 nitrogen and oxygen atoms in total. The summed E-state index contributed by atoms with van der Waals surface area (Å²) in [7, 11) is 0. The molecular formula is C16H13NO2. The van der Waals surface area contributed by atoms with E-state index < -0.39 is 0 Å². The van der Waals surface area contributed by atoms with E-state index in [1.54, 1.807) is 18.3 Å². The third kappa shape index (κ3) is 2.27. The van der Waals surface area contributed by atoms with Gasteiger partial charge in [0.05, 0.1) is 5.52 Å². The van der Waals surface area contributed by atoms with Crippen LogP contribution in [0.3, 0.4) is 0 Å². The monoisotopic (exact) mass is 251 g/mol. The summed E-state index contributed by atoms with van der Waals surface area (Å²) >= 11 is 0. The first-order valence-corrected chi connectivity index (χ1v) is 6.16. The van der Waals surface area contributed by atoms with Crippen LogP contribution in [0, 0.1) is 6.92 Å².